The van der Waals surface area contributed by atoms with Crippen molar-refractivity contribution in [3.05, 3.63) is 24.0 Å². The smallest absolute Gasteiger partial charge is 0.357 e. The number of rotatable bonds is 5. The van der Waals surface area contributed by atoms with Crippen LogP contribution in [0.4, 0.5) is 19.0 Å². The molecule has 21 heavy (non-hydrogen) atoms. The van der Waals surface area contributed by atoms with E-state index in [0.29, 0.717) is 23.5 Å². The molecule has 0 amide bonds. The fourth-order valence-electron chi connectivity index (χ4n) is 1.92. The van der Waals surface area contributed by atoms with E-state index in [0.717, 1.165) is 17.5 Å². The molecule has 1 N–H and O–H groups in total. The molecule has 1 atom stereocenters. The monoisotopic (exact) mass is 301 g/mol. The number of halogens is 3. The standard InChI is InChI=1S/C12H14F3N5O/c1-7(11-17-10(19-21-11)8-2-3-8)16-9-4-5-20(18-9)6-12(13,14)15/h4-5,7-8H,2-3,6H2,1H3,(H,16,18)/t7-/m0/s1. The maximum atomic E-state index is 12.2. The van der Waals surface area contributed by atoms with E-state index >= 15 is 0 Å². The zero-order chi connectivity index (χ0) is 15.0. The molecule has 2 heterocycles. The lowest BCUT2D eigenvalue weighted by atomic mass is 10.3. The predicted molar refractivity (Wildman–Crippen MR) is 66.6 cm³/mol. The van der Waals surface area contributed by atoms with E-state index in [-0.39, 0.29) is 6.04 Å². The third-order valence-corrected chi connectivity index (χ3v) is 3.12. The van der Waals surface area contributed by atoms with Gasteiger partial charge in [-0.15, -0.1) is 0 Å². The van der Waals surface area contributed by atoms with Crippen molar-refractivity contribution in [2.75, 3.05) is 5.32 Å². The van der Waals surface area contributed by atoms with Gasteiger partial charge in [0.25, 0.3) is 0 Å². The summed E-state index contributed by atoms with van der Waals surface area (Å²) in [4.78, 5) is 4.28. The molecule has 0 spiro atoms. The molecular formula is C12H14F3N5O. The third-order valence-electron chi connectivity index (χ3n) is 3.12. The van der Waals surface area contributed by atoms with Crippen LogP contribution in [0.15, 0.2) is 16.8 Å². The SMILES string of the molecule is C[C@H](Nc1ccn(CC(F)(F)F)n1)c1nc(C2CC2)no1. The Labute approximate surface area is 118 Å². The van der Waals surface area contributed by atoms with Crippen LogP contribution in [-0.2, 0) is 6.54 Å². The molecule has 1 saturated carbocycles. The van der Waals surface area contributed by atoms with Crippen LogP contribution in [0.1, 0.15) is 43.4 Å². The summed E-state index contributed by atoms with van der Waals surface area (Å²) in [7, 11) is 0. The molecule has 0 aromatic carbocycles. The summed E-state index contributed by atoms with van der Waals surface area (Å²) in [6.45, 7) is 0.669. The van der Waals surface area contributed by atoms with E-state index in [2.05, 4.69) is 20.6 Å². The van der Waals surface area contributed by atoms with Crippen molar-refractivity contribution < 1.29 is 17.7 Å². The molecule has 1 aliphatic carbocycles. The first-order valence-corrected chi connectivity index (χ1v) is 6.61. The Morgan fingerprint density at radius 1 is 1.48 bits per heavy atom. The van der Waals surface area contributed by atoms with Gasteiger partial charge in [0, 0.05) is 18.2 Å². The van der Waals surface area contributed by atoms with E-state index in [9.17, 15) is 13.2 Å². The van der Waals surface area contributed by atoms with Gasteiger partial charge in [0.15, 0.2) is 5.82 Å². The van der Waals surface area contributed by atoms with Crippen molar-refractivity contribution in [1.82, 2.24) is 19.9 Å². The van der Waals surface area contributed by atoms with Gasteiger partial charge in [0.1, 0.15) is 18.4 Å². The van der Waals surface area contributed by atoms with Gasteiger partial charge < -0.3 is 9.84 Å². The highest BCUT2D eigenvalue weighted by atomic mass is 19.4. The molecule has 0 radical (unpaired) electrons. The Morgan fingerprint density at radius 3 is 2.90 bits per heavy atom. The molecule has 0 aliphatic heterocycles. The minimum Gasteiger partial charge on any atom is -0.357 e. The van der Waals surface area contributed by atoms with Gasteiger partial charge in [-0.25, -0.2) is 0 Å². The molecule has 0 unspecified atom stereocenters. The molecule has 2 aromatic rings. The van der Waals surface area contributed by atoms with Crippen LogP contribution < -0.4 is 5.32 Å². The normalized spacial score (nSPS) is 17.0. The molecule has 1 fully saturated rings. The summed E-state index contributed by atoms with van der Waals surface area (Å²) in [5.74, 6) is 1.82. The largest absolute Gasteiger partial charge is 0.408 e. The van der Waals surface area contributed by atoms with Gasteiger partial charge >= 0.3 is 6.18 Å². The van der Waals surface area contributed by atoms with Crippen molar-refractivity contribution in [2.24, 2.45) is 0 Å². The van der Waals surface area contributed by atoms with Crippen molar-refractivity contribution in [1.29, 1.82) is 0 Å². The van der Waals surface area contributed by atoms with E-state index in [1.807, 2.05) is 0 Å². The Kier molecular flexibility index (Phi) is 3.34. The van der Waals surface area contributed by atoms with Gasteiger partial charge in [-0.05, 0) is 19.8 Å². The summed E-state index contributed by atoms with van der Waals surface area (Å²) < 4.78 is 42.7. The van der Waals surface area contributed by atoms with Crippen LogP contribution in [0.2, 0.25) is 0 Å². The number of hydrogen-bond donors (Lipinski definition) is 1. The average molecular weight is 301 g/mol. The molecule has 2 aromatic heterocycles. The highest BCUT2D eigenvalue weighted by Gasteiger charge is 2.30. The summed E-state index contributed by atoms with van der Waals surface area (Å²) >= 11 is 0. The van der Waals surface area contributed by atoms with Gasteiger partial charge in [-0.2, -0.15) is 23.3 Å². The summed E-state index contributed by atoms with van der Waals surface area (Å²) in [5.41, 5.74) is 0. The number of nitrogens with one attached hydrogen (secondary N) is 1. The maximum absolute atomic E-state index is 12.2. The zero-order valence-corrected chi connectivity index (χ0v) is 11.3. The summed E-state index contributed by atoms with van der Waals surface area (Å²) in [6, 6.07) is 1.15. The quantitative estimate of drug-likeness (QED) is 0.919. The van der Waals surface area contributed by atoms with E-state index in [1.54, 1.807) is 6.92 Å². The van der Waals surface area contributed by atoms with E-state index in [4.69, 9.17) is 4.52 Å². The summed E-state index contributed by atoms with van der Waals surface area (Å²) in [6.07, 6.45) is -0.877. The highest BCUT2D eigenvalue weighted by molar-refractivity contribution is 5.34. The first-order chi connectivity index (χ1) is 9.90. The average Bonchev–Trinajstić information content (AvgIpc) is 2.95. The second-order valence-corrected chi connectivity index (χ2v) is 5.14. The molecule has 3 rings (SSSR count). The second-order valence-electron chi connectivity index (χ2n) is 5.14. The van der Waals surface area contributed by atoms with Gasteiger partial charge in [0.05, 0.1) is 0 Å². The van der Waals surface area contributed by atoms with Gasteiger partial charge in [-0.3, -0.25) is 4.68 Å². The first-order valence-electron chi connectivity index (χ1n) is 6.61. The van der Waals surface area contributed by atoms with E-state index in [1.165, 1.54) is 12.3 Å². The van der Waals surface area contributed by atoms with Crippen LogP contribution in [-0.4, -0.2) is 26.1 Å². The van der Waals surface area contributed by atoms with Crippen molar-refractivity contribution in [3.8, 4) is 0 Å². The molecule has 0 saturated heterocycles. The van der Waals surface area contributed by atoms with Crippen molar-refractivity contribution in [3.63, 3.8) is 0 Å². The Hall–Kier alpha value is -2.06. The molecule has 0 bridgehead atoms. The fraction of sp³-hybridized carbons (Fsp3) is 0.583. The number of anilines is 1. The zero-order valence-electron chi connectivity index (χ0n) is 11.3. The van der Waals surface area contributed by atoms with Crippen LogP contribution in [0.5, 0.6) is 0 Å². The molecule has 6 nitrogen and oxygen atoms in total. The molecule has 114 valence electrons. The lowest BCUT2D eigenvalue weighted by Crippen LogP contribution is -2.18. The second kappa shape index (κ2) is 5.05. The molecular weight excluding hydrogens is 287 g/mol. The van der Waals surface area contributed by atoms with Crippen LogP contribution in [0.25, 0.3) is 0 Å². The lowest BCUT2D eigenvalue weighted by Gasteiger charge is -2.08. The van der Waals surface area contributed by atoms with Crippen molar-refractivity contribution >= 4 is 5.82 Å². The highest BCUT2D eigenvalue weighted by Crippen LogP contribution is 2.38. The first kappa shape index (κ1) is 13.9. The lowest BCUT2D eigenvalue weighted by molar-refractivity contribution is -0.142. The minimum absolute atomic E-state index is 0.320. The number of hydrogen-bond acceptors (Lipinski definition) is 5. The van der Waals surface area contributed by atoms with Gasteiger partial charge in [0.2, 0.25) is 5.89 Å². The van der Waals surface area contributed by atoms with Crippen LogP contribution >= 0.6 is 0 Å². The minimum atomic E-state index is -4.29. The molecule has 1 aliphatic rings. The van der Waals surface area contributed by atoms with E-state index < -0.39 is 12.7 Å². The van der Waals surface area contributed by atoms with Gasteiger partial charge in [-0.1, -0.05) is 5.16 Å². The fourth-order valence-corrected chi connectivity index (χ4v) is 1.92. The Bertz CT molecular complexity index is 616. The van der Waals surface area contributed by atoms with Crippen LogP contribution in [0, 0.1) is 0 Å². The Balaban J connectivity index is 1.62. The number of aromatic nitrogens is 4. The van der Waals surface area contributed by atoms with Crippen molar-refractivity contribution in [2.45, 2.75) is 44.4 Å². The summed E-state index contributed by atoms with van der Waals surface area (Å²) in [5, 5.41) is 10.6. The molecule has 9 heteroatoms. The maximum Gasteiger partial charge on any atom is 0.408 e. The topological polar surface area (TPSA) is 68.8 Å². The predicted octanol–water partition coefficient (Wildman–Crippen LogP) is 2.88. The number of alkyl halides is 3. The third kappa shape index (κ3) is 3.53. The Morgan fingerprint density at radius 2 is 2.24 bits per heavy atom. The number of nitrogens with zero attached hydrogens (tertiary/aromatic N) is 4. The van der Waals surface area contributed by atoms with Crippen LogP contribution in [0.3, 0.4) is 0 Å².